The van der Waals surface area contributed by atoms with Gasteiger partial charge in [0.05, 0.1) is 18.4 Å². The van der Waals surface area contributed by atoms with Crippen molar-refractivity contribution < 1.29 is 9.53 Å². The van der Waals surface area contributed by atoms with Gasteiger partial charge in [-0.05, 0) is 43.7 Å². The first-order valence-corrected chi connectivity index (χ1v) is 9.74. The molecule has 7 nitrogen and oxygen atoms in total. The zero-order chi connectivity index (χ0) is 20.1. The van der Waals surface area contributed by atoms with Crippen LogP contribution >= 0.6 is 11.8 Å². The van der Waals surface area contributed by atoms with Crippen LogP contribution in [0.15, 0.2) is 59.8 Å². The number of aromatic nitrogens is 3. The van der Waals surface area contributed by atoms with Gasteiger partial charge in [0.15, 0.2) is 5.82 Å². The summed E-state index contributed by atoms with van der Waals surface area (Å²) in [4.78, 5) is 12.5. The smallest absolute Gasteiger partial charge is 0.233 e. The van der Waals surface area contributed by atoms with Crippen LogP contribution in [0, 0.1) is 0 Å². The van der Waals surface area contributed by atoms with Crippen molar-refractivity contribution in [3.8, 4) is 17.1 Å². The van der Waals surface area contributed by atoms with E-state index in [0.29, 0.717) is 11.0 Å². The van der Waals surface area contributed by atoms with Gasteiger partial charge in [0, 0.05) is 5.56 Å². The molecule has 28 heavy (non-hydrogen) atoms. The minimum atomic E-state index is -0.374. The number of hydrogen-bond acceptors (Lipinski definition) is 6. The first-order valence-electron chi connectivity index (χ1n) is 8.86. The molecule has 0 saturated carbocycles. The second-order valence-electron chi connectivity index (χ2n) is 6.31. The largest absolute Gasteiger partial charge is 0.497 e. The van der Waals surface area contributed by atoms with Gasteiger partial charge < -0.3 is 15.9 Å². The van der Waals surface area contributed by atoms with Gasteiger partial charge in [0.1, 0.15) is 5.75 Å². The van der Waals surface area contributed by atoms with Gasteiger partial charge in [-0.15, -0.1) is 10.2 Å². The molecule has 0 saturated heterocycles. The number of nitrogens with two attached hydrogens (primary N) is 1. The number of nitrogen functional groups attached to an aromatic ring is 1. The lowest BCUT2D eigenvalue weighted by molar-refractivity contribution is -0.120. The molecule has 0 fully saturated rings. The van der Waals surface area contributed by atoms with Gasteiger partial charge >= 0.3 is 0 Å². The fourth-order valence-electron chi connectivity index (χ4n) is 2.66. The normalized spacial score (nSPS) is 13.0. The molecule has 0 radical (unpaired) electrons. The third-order valence-corrected chi connectivity index (χ3v) is 5.38. The Labute approximate surface area is 168 Å². The molecule has 2 aromatic carbocycles. The molecule has 0 aliphatic rings. The minimum absolute atomic E-state index is 0.0812. The van der Waals surface area contributed by atoms with E-state index in [0.717, 1.165) is 16.9 Å². The number of carbonyl (C=O) groups is 1. The minimum Gasteiger partial charge on any atom is -0.497 e. The molecule has 3 aromatic rings. The van der Waals surface area contributed by atoms with E-state index in [1.165, 1.54) is 16.4 Å². The molecule has 3 rings (SSSR count). The summed E-state index contributed by atoms with van der Waals surface area (Å²) in [6.45, 7) is 3.78. The Balaban J connectivity index is 1.66. The van der Waals surface area contributed by atoms with E-state index in [1.54, 1.807) is 7.11 Å². The SMILES string of the molecule is COc1ccc(-c2nnc(SC(C)C(=O)NC(C)c3ccccc3)n2N)cc1. The van der Waals surface area contributed by atoms with Gasteiger partial charge in [-0.2, -0.15) is 0 Å². The van der Waals surface area contributed by atoms with Gasteiger partial charge in [0.2, 0.25) is 11.1 Å². The summed E-state index contributed by atoms with van der Waals surface area (Å²) in [5, 5.41) is 11.4. The molecule has 146 valence electrons. The molecule has 2 atom stereocenters. The van der Waals surface area contributed by atoms with E-state index in [2.05, 4.69) is 15.5 Å². The predicted molar refractivity (Wildman–Crippen MR) is 110 cm³/mol. The highest BCUT2D eigenvalue weighted by Crippen LogP contribution is 2.26. The van der Waals surface area contributed by atoms with Crippen LogP contribution < -0.4 is 15.9 Å². The number of ether oxygens (including phenoxy) is 1. The molecule has 0 aliphatic heterocycles. The standard InChI is InChI=1S/C20H23N5O2S/c1-13(15-7-5-4-6-8-15)22-19(26)14(2)28-20-24-23-18(25(20)21)16-9-11-17(27-3)12-10-16/h4-14H,21H2,1-3H3,(H,22,26). The first-order chi connectivity index (χ1) is 13.5. The van der Waals surface area contributed by atoms with Crippen molar-refractivity contribution in [3.63, 3.8) is 0 Å². The van der Waals surface area contributed by atoms with E-state index in [1.807, 2.05) is 68.4 Å². The van der Waals surface area contributed by atoms with Gasteiger partial charge in [-0.25, -0.2) is 4.68 Å². The van der Waals surface area contributed by atoms with Crippen LogP contribution in [0.5, 0.6) is 5.75 Å². The fourth-order valence-corrected chi connectivity index (χ4v) is 3.44. The third kappa shape index (κ3) is 4.45. The van der Waals surface area contributed by atoms with Crippen LogP contribution in [0.4, 0.5) is 0 Å². The number of methoxy groups -OCH3 is 1. The Morgan fingerprint density at radius 2 is 1.79 bits per heavy atom. The average Bonchev–Trinajstić information content (AvgIpc) is 3.08. The molecule has 2 unspecified atom stereocenters. The van der Waals surface area contributed by atoms with Crippen LogP contribution in [-0.2, 0) is 4.79 Å². The Kier molecular flexibility index (Phi) is 6.20. The fraction of sp³-hybridized carbons (Fsp3) is 0.250. The first kappa shape index (κ1) is 19.8. The summed E-state index contributed by atoms with van der Waals surface area (Å²) in [5.74, 6) is 7.34. The molecule has 0 spiro atoms. The number of nitrogens with one attached hydrogen (secondary N) is 1. The van der Waals surface area contributed by atoms with E-state index < -0.39 is 0 Å². The molecule has 1 amide bonds. The highest BCUT2D eigenvalue weighted by atomic mass is 32.2. The van der Waals surface area contributed by atoms with Crippen LogP contribution in [0.3, 0.4) is 0 Å². The van der Waals surface area contributed by atoms with Crippen molar-refractivity contribution in [2.75, 3.05) is 13.0 Å². The maximum atomic E-state index is 12.5. The van der Waals surface area contributed by atoms with Crippen LogP contribution in [0.2, 0.25) is 0 Å². The van der Waals surface area contributed by atoms with Crippen molar-refractivity contribution in [1.82, 2.24) is 20.2 Å². The number of carbonyl (C=O) groups excluding carboxylic acids is 1. The van der Waals surface area contributed by atoms with Crippen LogP contribution in [0.25, 0.3) is 11.4 Å². The molecule has 0 bridgehead atoms. The second kappa shape index (κ2) is 8.79. The van der Waals surface area contributed by atoms with Crippen molar-refractivity contribution in [2.45, 2.75) is 30.3 Å². The average molecular weight is 398 g/mol. The summed E-state index contributed by atoms with van der Waals surface area (Å²) in [6, 6.07) is 17.1. The molecule has 8 heteroatoms. The highest BCUT2D eigenvalue weighted by molar-refractivity contribution is 8.00. The summed E-state index contributed by atoms with van der Waals surface area (Å²) in [6.07, 6.45) is 0. The number of nitrogens with zero attached hydrogens (tertiary/aromatic N) is 3. The summed E-state index contributed by atoms with van der Waals surface area (Å²) < 4.78 is 6.56. The number of hydrogen-bond donors (Lipinski definition) is 2. The Bertz CT molecular complexity index is 928. The molecular formula is C20H23N5O2S. The number of amides is 1. The molecule has 3 N–H and O–H groups in total. The molecule has 0 aliphatic carbocycles. The lowest BCUT2D eigenvalue weighted by Gasteiger charge is -2.17. The van der Waals surface area contributed by atoms with Crippen LogP contribution in [0.1, 0.15) is 25.5 Å². The van der Waals surface area contributed by atoms with Gasteiger partial charge in [-0.3, -0.25) is 4.79 Å². The lowest BCUT2D eigenvalue weighted by Crippen LogP contribution is -2.33. The van der Waals surface area contributed by atoms with Crippen molar-refractivity contribution in [2.24, 2.45) is 0 Å². The van der Waals surface area contributed by atoms with Crippen molar-refractivity contribution >= 4 is 17.7 Å². The van der Waals surface area contributed by atoms with E-state index in [4.69, 9.17) is 10.6 Å². The van der Waals surface area contributed by atoms with Crippen LogP contribution in [-0.4, -0.2) is 33.1 Å². The topological polar surface area (TPSA) is 95.1 Å². The van der Waals surface area contributed by atoms with Crippen molar-refractivity contribution in [1.29, 1.82) is 0 Å². The zero-order valence-corrected chi connectivity index (χ0v) is 16.8. The molecule has 1 aromatic heterocycles. The quantitative estimate of drug-likeness (QED) is 0.470. The Morgan fingerprint density at radius 1 is 1.11 bits per heavy atom. The Morgan fingerprint density at radius 3 is 2.43 bits per heavy atom. The number of thioether (sulfide) groups is 1. The molecule has 1 heterocycles. The predicted octanol–water partition coefficient (Wildman–Crippen LogP) is 3.03. The van der Waals surface area contributed by atoms with E-state index >= 15 is 0 Å². The number of rotatable bonds is 7. The zero-order valence-electron chi connectivity index (χ0n) is 16.0. The summed E-state index contributed by atoms with van der Waals surface area (Å²) >= 11 is 1.27. The second-order valence-corrected chi connectivity index (χ2v) is 7.61. The third-order valence-electron chi connectivity index (χ3n) is 4.32. The maximum Gasteiger partial charge on any atom is 0.233 e. The summed E-state index contributed by atoms with van der Waals surface area (Å²) in [5.41, 5.74) is 1.87. The lowest BCUT2D eigenvalue weighted by atomic mass is 10.1. The highest BCUT2D eigenvalue weighted by Gasteiger charge is 2.21. The van der Waals surface area contributed by atoms with E-state index in [-0.39, 0.29) is 17.2 Å². The molecular weight excluding hydrogens is 374 g/mol. The summed E-state index contributed by atoms with van der Waals surface area (Å²) in [7, 11) is 1.61. The number of benzene rings is 2. The maximum absolute atomic E-state index is 12.5. The van der Waals surface area contributed by atoms with E-state index in [9.17, 15) is 4.79 Å². The monoisotopic (exact) mass is 397 g/mol. The van der Waals surface area contributed by atoms with Gasteiger partial charge in [0.25, 0.3) is 0 Å². The van der Waals surface area contributed by atoms with Crippen molar-refractivity contribution in [3.05, 3.63) is 60.2 Å². The Hall–Kier alpha value is -3.00. The van der Waals surface area contributed by atoms with Gasteiger partial charge in [-0.1, -0.05) is 42.1 Å².